The van der Waals surface area contributed by atoms with E-state index in [1.807, 2.05) is 0 Å². The van der Waals surface area contributed by atoms with Crippen molar-refractivity contribution in [3.8, 4) is 5.88 Å². The maximum Gasteiger partial charge on any atom is 0.213 e. The molecule has 1 N–H and O–H groups in total. The standard InChI is InChI=1S/C11H15FN2O/c1-8-4-5-13-7-10(8)15-11-3-2-9(12)6-14-11/h2-3,6,8,10,13H,4-5,7H2,1H3. The Morgan fingerprint density at radius 3 is 3.07 bits per heavy atom. The molecule has 0 aromatic carbocycles. The second-order valence-corrected chi connectivity index (χ2v) is 3.94. The van der Waals surface area contributed by atoms with Gasteiger partial charge in [-0.3, -0.25) is 0 Å². The van der Waals surface area contributed by atoms with Crippen molar-refractivity contribution in [3.63, 3.8) is 0 Å². The predicted octanol–water partition coefficient (Wildman–Crippen LogP) is 1.60. The summed E-state index contributed by atoms with van der Waals surface area (Å²) in [7, 11) is 0. The van der Waals surface area contributed by atoms with E-state index < -0.39 is 0 Å². The highest BCUT2D eigenvalue weighted by molar-refractivity contribution is 5.11. The zero-order valence-corrected chi connectivity index (χ0v) is 8.74. The number of rotatable bonds is 2. The van der Waals surface area contributed by atoms with Gasteiger partial charge in [0.1, 0.15) is 11.9 Å². The average Bonchev–Trinajstić information content (AvgIpc) is 2.25. The van der Waals surface area contributed by atoms with E-state index in [0.717, 1.165) is 19.5 Å². The van der Waals surface area contributed by atoms with Gasteiger partial charge in [-0.05, 0) is 24.9 Å². The smallest absolute Gasteiger partial charge is 0.213 e. The van der Waals surface area contributed by atoms with Crippen LogP contribution in [0.15, 0.2) is 18.3 Å². The molecule has 4 heteroatoms. The second kappa shape index (κ2) is 4.57. The maximum absolute atomic E-state index is 12.6. The number of nitrogens with zero attached hydrogens (tertiary/aromatic N) is 1. The molecule has 0 saturated carbocycles. The van der Waals surface area contributed by atoms with Crippen molar-refractivity contribution in [2.24, 2.45) is 5.92 Å². The fourth-order valence-electron chi connectivity index (χ4n) is 1.71. The first-order valence-corrected chi connectivity index (χ1v) is 5.24. The minimum atomic E-state index is -0.336. The van der Waals surface area contributed by atoms with Crippen LogP contribution in [0.5, 0.6) is 5.88 Å². The zero-order chi connectivity index (χ0) is 10.7. The lowest BCUT2D eigenvalue weighted by molar-refractivity contribution is 0.109. The van der Waals surface area contributed by atoms with Gasteiger partial charge in [0.25, 0.3) is 0 Å². The largest absolute Gasteiger partial charge is 0.473 e. The van der Waals surface area contributed by atoms with E-state index in [1.165, 1.54) is 12.3 Å². The first-order valence-electron chi connectivity index (χ1n) is 5.24. The van der Waals surface area contributed by atoms with Crippen LogP contribution in [0.25, 0.3) is 0 Å². The van der Waals surface area contributed by atoms with Crippen LogP contribution in [0.1, 0.15) is 13.3 Å². The Balaban J connectivity index is 1.98. The van der Waals surface area contributed by atoms with Gasteiger partial charge in [-0.25, -0.2) is 9.37 Å². The van der Waals surface area contributed by atoms with Crippen LogP contribution in [0.3, 0.4) is 0 Å². The molecule has 1 aliphatic rings. The van der Waals surface area contributed by atoms with Gasteiger partial charge >= 0.3 is 0 Å². The molecular formula is C11H15FN2O. The van der Waals surface area contributed by atoms with Crippen LogP contribution in [-0.2, 0) is 0 Å². The molecule has 0 radical (unpaired) electrons. The number of pyridine rings is 1. The van der Waals surface area contributed by atoms with Gasteiger partial charge in [0, 0.05) is 12.6 Å². The molecular weight excluding hydrogens is 195 g/mol. The summed E-state index contributed by atoms with van der Waals surface area (Å²) in [5.41, 5.74) is 0. The van der Waals surface area contributed by atoms with Crippen molar-refractivity contribution in [3.05, 3.63) is 24.1 Å². The molecule has 0 spiro atoms. The van der Waals surface area contributed by atoms with Gasteiger partial charge < -0.3 is 10.1 Å². The van der Waals surface area contributed by atoms with Crippen molar-refractivity contribution < 1.29 is 9.13 Å². The molecule has 2 unspecified atom stereocenters. The monoisotopic (exact) mass is 210 g/mol. The van der Waals surface area contributed by atoms with E-state index in [2.05, 4.69) is 17.2 Å². The quantitative estimate of drug-likeness (QED) is 0.805. The molecule has 15 heavy (non-hydrogen) atoms. The highest BCUT2D eigenvalue weighted by Crippen LogP contribution is 2.17. The summed E-state index contributed by atoms with van der Waals surface area (Å²) in [5, 5.41) is 3.27. The highest BCUT2D eigenvalue weighted by Gasteiger charge is 2.22. The van der Waals surface area contributed by atoms with E-state index in [0.29, 0.717) is 11.8 Å². The molecule has 0 amide bonds. The lowest BCUT2D eigenvalue weighted by atomic mass is 9.97. The Morgan fingerprint density at radius 2 is 2.40 bits per heavy atom. The third-order valence-corrected chi connectivity index (χ3v) is 2.73. The Morgan fingerprint density at radius 1 is 1.53 bits per heavy atom. The summed E-state index contributed by atoms with van der Waals surface area (Å²) in [6, 6.07) is 2.93. The molecule has 3 nitrogen and oxygen atoms in total. The molecule has 2 heterocycles. The maximum atomic E-state index is 12.6. The molecule has 2 atom stereocenters. The number of aromatic nitrogens is 1. The molecule has 1 fully saturated rings. The first kappa shape index (κ1) is 10.4. The summed E-state index contributed by atoms with van der Waals surface area (Å²) >= 11 is 0. The van der Waals surface area contributed by atoms with Gasteiger partial charge in [-0.2, -0.15) is 0 Å². The Bertz CT molecular complexity index is 315. The van der Waals surface area contributed by atoms with Crippen LogP contribution < -0.4 is 10.1 Å². The normalized spacial score (nSPS) is 26.3. The molecule has 1 aliphatic heterocycles. The van der Waals surface area contributed by atoms with Crippen molar-refractivity contribution in [1.82, 2.24) is 10.3 Å². The van der Waals surface area contributed by atoms with Gasteiger partial charge in [-0.1, -0.05) is 6.92 Å². The lowest BCUT2D eigenvalue weighted by Gasteiger charge is -2.29. The molecule has 1 aromatic rings. The Labute approximate surface area is 88.7 Å². The molecule has 1 saturated heterocycles. The van der Waals surface area contributed by atoms with Crippen LogP contribution in [0.4, 0.5) is 4.39 Å². The van der Waals surface area contributed by atoms with Crippen molar-refractivity contribution in [2.75, 3.05) is 13.1 Å². The third-order valence-electron chi connectivity index (χ3n) is 2.73. The van der Waals surface area contributed by atoms with E-state index in [9.17, 15) is 4.39 Å². The fraction of sp³-hybridized carbons (Fsp3) is 0.545. The average molecular weight is 210 g/mol. The first-order chi connectivity index (χ1) is 7.25. The number of nitrogens with one attached hydrogen (secondary N) is 1. The topological polar surface area (TPSA) is 34.1 Å². The van der Waals surface area contributed by atoms with Crippen LogP contribution in [0.2, 0.25) is 0 Å². The SMILES string of the molecule is CC1CCNCC1Oc1ccc(F)cn1. The summed E-state index contributed by atoms with van der Waals surface area (Å²) in [5.74, 6) is 0.673. The van der Waals surface area contributed by atoms with Crippen molar-refractivity contribution in [1.29, 1.82) is 0 Å². The number of hydrogen-bond donors (Lipinski definition) is 1. The Hall–Kier alpha value is -1.16. The lowest BCUT2D eigenvalue weighted by Crippen LogP contribution is -2.42. The molecule has 1 aromatic heterocycles. The van der Waals surface area contributed by atoms with Gasteiger partial charge in [0.15, 0.2) is 0 Å². The van der Waals surface area contributed by atoms with Crippen LogP contribution >= 0.6 is 0 Å². The highest BCUT2D eigenvalue weighted by atomic mass is 19.1. The fourth-order valence-corrected chi connectivity index (χ4v) is 1.71. The summed E-state index contributed by atoms with van der Waals surface area (Å²) in [4.78, 5) is 3.88. The van der Waals surface area contributed by atoms with Crippen molar-refractivity contribution >= 4 is 0 Å². The summed E-state index contributed by atoms with van der Waals surface area (Å²) in [6.45, 7) is 4.03. The predicted molar refractivity (Wildman–Crippen MR) is 55.3 cm³/mol. The van der Waals surface area contributed by atoms with Gasteiger partial charge in [0.2, 0.25) is 5.88 Å². The van der Waals surface area contributed by atoms with E-state index in [-0.39, 0.29) is 11.9 Å². The minimum Gasteiger partial charge on any atom is -0.473 e. The summed E-state index contributed by atoms with van der Waals surface area (Å²) < 4.78 is 18.3. The molecule has 82 valence electrons. The van der Waals surface area contributed by atoms with Crippen molar-refractivity contribution in [2.45, 2.75) is 19.4 Å². The summed E-state index contributed by atoms with van der Waals surface area (Å²) in [6.07, 6.45) is 2.42. The van der Waals surface area contributed by atoms with Gasteiger partial charge in [-0.15, -0.1) is 0 Å². The zero-order valence-electron chi connectivity index (χ0n) is 8.74. The molecule has 2 rings (SSSR count). The Kier molecular flexibility index (Phi) is 3.16. The molecule has 0 aliphatic carbocycles. The number of halogens is 1. The van der Waals surface area contributed by atoms with Gasteiger partial charge in [0.05, 0.1) is 6.20 Å². The van der Waals surface area contributed by atoms with E-state index >= 15 is 0 Å². The molecule has 0 bridgehead atoms. The third kappa shape index (κ3) is 2.65. The minimum absolute atomic E-state index is 0.136. The van der Waals surface area contributed by atoms with Crippen LogP contribution in [-0.4, -0.2) is 24.2 Å². The number of piperidine rings is 1. The van der Waals surface area contributed by atoms with Crippen LogP contribution in [0, 0.1) is 11.7 Å². The number of hydrogen-bond acceptors (Lipinski definition) is 3. The second-order valence-electron chi connectivity index (χ2n) is 3.94. The van der Waals surface area contributed by atoms with E-state index in [4.69, 9.17) is 4.74 Å². The van der Waals surface area contributed by atoms with E-state index in [1.54, 1.807) is 6.07 Å². The number of ether oxygens (including phenoxy) is 1.